The van der Waals surface area contributed by atoms with Gasteiger partial charge in [-0.05, 0) is 58.1 Å². The largest absolute Gasteiger partial charge is 0.357 e. The monoisotopic (exact) mass is 464 g/mol. The van der Waals surface area contributed by atoms with Gasteiger partial charge in [0.2, 0.25) is 0 Å². The number of guanidine groups is 1. The topological polar surface area (TPSA) is 48.5 Å². The molecule has 4 nitrogen and oxygen atoms in total. The van der Waals surface area contributed by atoms with Gasteiger partial charge in [0.15, 0.2) is 5.96 Å². The van der Waals surface area contributed by atoms with Gasteiger partial charge in [0.05, 0.1) is 6.54 Å². The molecule has 0 bridgehead atoms. The van der Waals surface area contributed by atoms with Crippen molar-refractivity contribution in [2.24, 2.45) is 4.99 Å². The Morgan fingerprint density at radius 3 is 2.46 bits per heavy atom. The first-order valence-corrected chi connectivity index (χ1v) is 9.49. The molecule has 0 aliphatic rings. The number of hydrogen-bond acceptors (Lipinski definition) is 3. The molecule has 0 spiro atoms. The highest BCUT2D eigenvalue weighted by molar-refractivity contribution is 14.0. The molecule has 0 amide bonds. The van der Waals surface area contributed by atoms with Crippen LogP contribution in [-0.2, 0) is 6.54 Å². The van der Waals surface area contributed by atoms with Crippen LogP contribution in [0.5, 0.6) is 0 Å². The summed E-state index contributed by atoms with van der Waals surface area (Å²) < 4.78 is 0. The molecule has 1 aromatic carbocycles. The Labute approximate surface area is 169 Å². The molecule has 0 atom stereocenters. The third kappa shape index (κ3) is 9.74. The molecular formula is C18H33IN4S. The van der Waals surface area contributed by atoms with Crippen LogP contribution >= 0.6 is 35.7 Å². The molecule has 0 aromatic heterocycles. The molecule has 1 rings (SSSR count). The third-order valence-corrected chi connectivity index (χ3v) is 4.09. The van der Waals surface area contributed by atoms with Crippen LogP contribution in [0.1, 0.15) is 38.8 Å². The second-order valence-corrected chi connectivity index (χ2v) is 7.46. The van der Waals surface area contributed by atoms with Crippen LogP contribution in [-0.4, -0.2) is 37.4 Å². The van der Waals surface area contributed by atoms with E-state index < -0.39 is 0 Å². The van der Waals surface area contributed by atoms with Crippen molar-refractivity contribution in [3.8, 4) is 0 Å². The Morgan fingerprint density at radius 2 is 1.88 bits per heavy atom. The van der Waals surface area contributed by atoms with E-state index in [0.29, 0.717) is 6.54 Å². The smallest absolute Gasteiger partial charge is 0.191 e. The molecular weight excluding hydrogens is 431 g/mol. The van der Waals surface area contributed by atoms with E-state index in [4.69, 9.17) is 4.99 Å². The molecule has 0 radical (unpaired) electrons. The van der Waals surface area contributed by atoms with Gasteiger partial charge in [-0.15, -0.1) is 35.7 Å². The molecule has 0 fully saturated rings. The molecule has 24 heavy (non-hydrogen) atoms. The van der Waals surface area contributed by atoms with Crippen LogP contribution < -0.4 is 16.0 Å². The predicted molar refractivity (Wildman–Crippen MR) is 119 cm³/mol. The molecule has 3 N–H and O–H groups in total. The van der Waals surface area contributed by atoms with Crippen molar-refractivity contribution in [2.75, 3.05) is 25.9 Å². The van der Waals surface area contributed by atoms with Gasteiger partial charge in [-0.3, -0.25) is 0 Å². The third-order valence-electron chi connectivity index (χ3n) is 3.27. The van der Waals surface area contributed by atoms with E-state index in [1.165, 1.54) is 16.0 Å². The minimum atomic E-state index is 0. The van der Waals surface area contributed by atoms with Crippen molar-refractivity contribution in [1.82, 2.24) is 16.0 Å². The van der Waals surface area contributed by atoms with Crippen molar-refractivity contribution in [2.45, 2.75) is 51.6 Å². The fraction of sp³-hybridized carbons (Fsp3) is 0.611. The van der Waals surface area contributed by atoms with Crippen LogP contribution in [0.4, 0.5) is 0 Å². The molecule has 1 aromatic rings. The molecule has 138 valence electrons. The fourth-order valence-corrected chi connectivity index (χ4v) is 2.81. The number of nitrogens with one attached hydrogen (secondary N) is 3. The summed E-state index contributed by atoms with van der Waals surface area (Å²) in [7, 11) is 0. The summed E-state index contributed by atoms with van der Waals surface area (Å²) in [5.74, 6) is 0.871. The van der Waals surface area contributed by atoms with Crippen LogP contribution in [0.2, 0.25) is 0 Å². The van der Waals surface area contributed by atoms with Crippen molar-refractivity contribution >= 4 is 41.7 Å². The number of nitrogens with zero attached hydrogens (tertiary/aromatic N) is 1. The average Bonchev–Trinajstić information content (AvgIpc) is 2.48. The SMILES string of the molecule is CCNC(=NCc1ccc(C)cc1SC)NCCNC(C)(C)C.I. The van der Waals surface area contributed by atoms with Gasteiger partial charge in [-0.1, -0.05) is 12.1 Å². The highest BCUT2D eigenvalue weighted by Crippen LogP contribution is 2.22. The standard InChI is InChI=1S/C18H32N4S.HI/c1-7-19-17(20-10-11-22-18(3,4)5)21-13-15-9-8-14(2)12-16(15)23-6;/h8-9,12,22H,7,10-11,13H2,1-6H3,(H2,19,20,21);1H. The number of rotatable bonds is 7. The van der Waals surface area contributed by atoms with E-state index in [-0.39, 0.29) is 29.5 Å². The quantitative estimate of drug-likeness (QED) is 0.189. The number of thioether (sulfide) groups is 1. The van der Waals surface area contributed by atoms with Gasteiger partial charge < -0.3 is 16.0 Å². The minimum Gasteiger partial charge on any atom is -0.357 e. The van der Waals surface area contributed by atoms with E-state index >= 15 is 0 Å². The second kappa shape index (κ2) is 12.0. The Bertz CT molecular complexity index is 512. The first kappa shape index (κ1) is 23.5. The fourth-order valence-electron chi connectivity index (χ4n) is 2.11. The van der Waals surface area contributed by atoms with Crippen LogP contribution in [0.3, 0.4) is 0 Å². The van der Waals surface area contributed by atoms with Crippen molar-refractivity contribution in [3.63, 3.8) is 0 Å². The second-order valence-electron chi connectivity index (χ2n) is 6.61. The minimum absolute atomic E-state index is 0. The molecule has 6 heteroatoms. The van der Waals surface area contributed by atoms with Crippen LogP contribution in [0.25, 0.3) is 0 Å². The summed E-state index contributed by atoms with van der Waals surface area (Å²) in [6.45, 7) is 14.1. The van der Waals surface area contributed by atoms with E-state index in [0.717, 1.165) is 25.6 Å². The summed E-state index contributed by atoms with van der Waals surface area (Å²) in [5.41, 5.74) is 2.71. The first-order chi connectivity index (χ1) is 10.9. The summed E-state index contributed by atoms with van der Waals surface area (Å²) in [6, 6.07) is 6.55. The number of aliphatic imine (C=N–C) groups is 1. The zero-order valence-electron chi connectivity index (χ0n) is 15.8. The van der Waals surface area contributed by atoms with E-state index in [1.807, 2.05) is 0 Å². The van der Waals surface area contributed by atoms with E-state index in [2.05, 4.69) is 75.0 Å². The van der Waals surface area contributed by atoms with Gasteiger partial charge in [0, 0.05) is 30.1 Å². The van der Waals surface area contributed by atoms with Crippen molar-refractivity contribution in [3.05, 3.63) is 29.3 Å². The Balaban J connectivity index is 0.00000529. The van der Waals surface area contributed by atoms with Crippen molar-refractivity contribution in [1.29, 1.82) is 0 Å². The molecule has 0 saturated carbocycles. The summed E-state index contributed by atoms with van der Waals surface area (Å²) in [6.07, 6.45) is 2.11. The first-order valence-electron chi connectivity index (χ1n) is 8.26. The summed E-state index contributed by atoms with van der Waals surface area (Å²) >= 11 is 1.78. The van der Waals surface area contributed by atoms with Gasteiger partial charge in [-0.25, -0.2) is 4.99 Å². The normalized spacial score (nSPS) is 11.8. The van der Waals surface area contributed by atoms with Crippen LogP contribution in [0.15, 0.2) is 28.1 Å². The lowest BCUT2D eigenvalue weighted by molar-refractivity contribution is 0.428. The van der Waals surface area contributed by atoms with Gasteiger partial charge in [-0.2, -0.15) is 0 Å². The maximum Gasteiger partial charge on any atom is 0.191 e. The lowest BCUT2D eigenvalue weighted by atomic mass is 10.1. The lowest BCUT2D eigenvalue weighted by Gasteiger charge is -2.21. The zero-order chi connectivity index (χ0) is 17.3. The van der Waals surface area contributed by atoms with E-state index in [1.54, 1.807) is 11.8 Å². The predicted octanol–water partition coefficient (Wildman–Crippen LogP) is 3.78. The molecule has 0 heterocycles. The summed E-state index contributed by atoms with van der Waals surface area (Å²) in [5, 5.41) is 10.2. The molecule has 0 unspecified atom stereocenters. The number of benzene rings is 1. The molecule has 0 aliphatic carbocycles. The Hall–Kier alpha value is -0.470. The number of aryl methyl sites for hydroxylation is 1. The highest BCUT2D eigenvalue weighted by atomic mass is 127. The summed E-state index contributed by atoms with van der Waals surface area (Å²) in [4.78, 5) is 6.01. The lowest BCUT2D eigenvalue weighted by Crippen LogP contribution is -2.44. The van der Waals surface area contributed by atoms with Gasteiger partial charge in [0.1, 0.15) is 0 Å². The molecule has 0 saturated heterocycles. The van der Waals surface area contributed by atoms with Crippen molar-refractivity contribution < 1.29 is 0 Å². The van der Waals surface area contributed by atoms with Gasteiger partial charge >= 0.3 is 0 Å². The number of hydrogen-bond donors (Lipinski definition) is 3. The Kier molecular flexibility index (Phi) is 11.7. The maximum atomic E-state index is 4.71. The zero-order valence-corrected chi connectivity index (χ0v) is 19.0. The van der Waals surface area contributed by atoms with Gasteiger partial charge in [0.25, 0.3) is 0 Å². The average molecular weight is 464 g/mol. The highest BCUT2D eigenvalue weighted by Gasteiger charge is 2.07. The maximum absolute atomic E-state index is 4.71. The van der Waals surface area contributed by atoms with E-state index in [9.17, 15) is 0 Å². The molecule has 0 aliphatic heterocycles. The van der Waals surface area contributed by atoms with Crippen LogP contribution in [0, 0.1) is 6.92 Å². The number of halogens is 1. The Morgan fingerprint density at radius 1 is 1.17 bits per heavy atom.